The minimum absolute atomic E-state index is 0.173. The summed E-state index contributed by atoms with van der Waals surface area (Å²) < 4.78 is 31.5. The monoisotopic (exact) mass is 468 g/mol. The number of sulfonamides is 1. The van der Waals surface area contributed by atoms with Gasteiger partial charge in [-0.15, -0.1) is 0 Å². The highest BCUT2D eigenvalue weighted by Crippen LogP contribution is 2.35. The van der Waals surface area contributed by atoms with Crippen LogP contribution in [0, 0.1) is 0 Å². The van der Waals surface area contributed by atoms with E-state index in [4.69, 9.17) is 4.74 Å². The SMILES string of the molecule is CCS(=O)(=O)N1CCC(c2c[nH]c3ccc(-c4cncc(CN5CCOCC5)c4)cc23)CC1. The van der Waals surface area contributed by atoms with Gasteiger partial charge in [-0.25, -0.2) is 12.7 Å². The van der Waals surface area contributed by atoms with Gasteiger partial charge in [0.05, 0.1) is 19.0 Å². The number of piperidine rings is 1. The van der Waals surface area contributed by atoms with Crippen molar-refractivity contribution in [3.05, 3.63) is 54.0 Å². The Kier molecular flexibility index (Phi) is 6.51. The van der Waals surface area contributed by atoms with Crippen molar-refractivity contribution in [3.8, 4) is 11.1 Å². The lowest BCUT2D eigenvalue weighted by atomic mass is 9.89. The highest BCUT2D eigenvalue weighted by atomic mass is 32.2. The molecule has 0 unspecified atom stereocenters. The van der Waals surface area contributed by atoms with E-state index >= 15 is 0 Å². The summed E-state index contributed by atoms with van der Waals surface area (Å²) in [5.74, 6) is 0.537. The fraction of sp³-hybridized carbons (Fsp3) is 0.480. The van der Waals surface area contributed by atoms with Crippen LogP contribution >= 0.6 is 0 Å². The predicted octanol–water partition coefficient (Wildman–Crippen LogP) is 3.59. The van der Waals surface area contributed by atoms with Crippen LogP contribution in [0.1, 0.15) is 36.8 Å². The van der Waals surface area contributed by atoms with Crippen molar-refractivity contribution in [2.45, 2.75) is 32.2 Å². The molecule has 2 aliphatic rings. The molecule has 8 heteroatoms. The van der Waals surface area contributed by atoms with Gasteiger partial charge in [0.25, 0.3) is 0 Å². The quantitative estimate of drug-likeness (QED) is 0.598. The van der Waals surface area contributed by atoms with Gasteiger partial charge in [0.1, 0.15) is 0 Å². The third kappa shape index (κ3) is 4.84. The highest BCUT2D eigenvalue weighted by molar-refractivity contribution is 7.89. The van der Waals surface area contributed by atoms with Gasteiger partial charge in [-0.05, 0) is 60.6 Å². The Balaban J connectivity index is 1.36. The van der Waals surface area contributed by atoms with Gasteiger partial charge in [-0.2, -0.15) is 0 Å². The number of hydrogen-bond donors (Lipinski definition) is 1. The molecule has 0 saturated carbocycles. The zero-order valence-electron chi connectivity index (χ0n) is 19.2. The maximum atomic E-state index is 12.2. The lowest BCUT2D eigenvalue weighted by molar-refractivity contribution is 0.0341. The summed E-state index contributed by atoms with van der Waals surface area (Å²) >= 11 is 0. The minimum Gasteiger partial charge on any atom is -0.379 e. The number of rotatable bonds is 6. The largest absolute Gasteiger partial charge is 0.379 e. The van der Waals surface area contributed by atoms with Crippen LogP contribution in [0.4, 0.5) is 0 Å². The molecule has 0 bridgehead atoms. The van der Waals surface area contributed by atoms with Gasteiger partial charge in [0.15, 0.2) is 0 Å². The highest BCUT2D eigenvalue weighted by Gasteiger charge is 2.28. The first-order chi connectivity index (χ1) is 16.0. The van der Waals surface area contributed by atoms with Crippen molar-refractivity contribution in [1.82, 2.24) is 19.2 Å². The smallest absolute Gasteiger partial charge is 0.213 e. The number of nitrogens with one attached hydrogen (secondary N) is 1. The molecule has 0 aliphatic carbocycles. The molecule has 1 aromatic carbocycles. The zero-order chi connectivity index (χ0) is 22.8. The summed E-state index contributed by atoms with van der Waals surface area (Å²) in [5.41, 5.74) is 5.91. The van der Waals surface area contributed by atoms with Gasteiger partial charge in [-0.1, -0.05) is 6.07 Å². The molecule has 2 fully saturated rings. The summed E-state index contributed by atoms with van der Waals surface area (Å²) in [6, 6.07) is 8.78. The molecule has 5 rings (SSSR count). The summed E-state index contributed by atoms with van der Waals surface area (Å²) in [7, 11) is -3.11. The number of aromatic nitrogens is 2. The Morgan fingerprint density at radius 3 is 2.61 bits per heavy atom. The van der Waals surface area contributed by atoms with Gasteiger partial charge in [-0.3, -0.25) is 9.88 Å². The molecule has 0 atom stereocenters. The van der Waals surface area contributed by atoms with E-state index in [0.29, 0.717) is 19.0 Å². The number of H-pyrrole nitrogens is 1. The van der Waals surface area contributed by atoms with E-state index in [1.807, 2.05) is 12.4 Å². The van der Waals surface area contributed by atoms with E-state index in [-0.39, 0.29) is 5.75 Å². The van der Waals surface area contributed by atoms with E-state index in [1.54, 1.807) is 11.2 Å². The van der Waals surface area contributed by atoms with Gasteiger partial charge >= 0.3 is 0 Å². The standard InChI is InChI=1S/C25H32N4O3S/c1-2-33(30,31)29-7-5-20(6-8-29)24-17-27-25-4-3-21(14-23(24)25)22-13-19(15-26-16-22)18-28-9-11-32-12-10-28/h3-4,13-17,20,27H,2,5-12,18H2,1H3. The zero-order valence-corrected chi connectivity index (χ0v) is 20.0. The van der Waals surface area contributed by atoms with Crippen LogP contribution in [-0.4, -0.2) is 72.7 Å². The lowest BCUT2D eigenvalue weighted by Gasteiger charge is -2.30. The van der Waals surface area contributed by atoms with E-state index in [2.05, 4.69) is 45.3 Å². The van der Waals surface area contributed by atoms with Gasteiger partial charge in [0.2, 0.25) is 10.0 Å². The molecule has 0 spiro atoms. The number of morpholine rings is 1. The van der Waals surface area contributed by atoms with Crippen LogP contribution in [0.3, 0.4) is 0 Å². The molecule has 1 N–H and O–H groups in total. The first-order valence-electron chi connectivity index (χ1n) is 11.9. The normalized spacial score (nSPS) is 19.3. The van der Waals surface area contributed by atoms with E-state index in [9.17, 15) is 8.42 Å². The molecule has 0 amide bonds. The topological polar surface area (TPSA) is 78.5 Å². The van der Waals surface area contributed by atoms with Crippen molar-refractivity contribution in [1.29, 1.82) is 0 Å². The second-order valence-corrected chi connectivity index (χ2v) is 11.3. The molecule has 176 valence electrons. The second kappa shape index (κ2) is 9.54. The van der Waals surface area contributed by atoms with E-state index < -0.39 is 10.0 Å². The van der Waals surface area contributed by atoms with Crippen LogP contribution in [0.15, 0.2) is 42.9 Å². The van der Waals surface area contributed by atoms with E-state index in [0.717, 1.165) is 62.3 Å². The minimum atomic E-state index is -3.11. The predicted molar refractivity (Wildman–Crippen MR) is 131 cm³/mol. The first-order valence-corrected chi connectivity index (χ1v) is 13.5. The molecule has 2 aromatic heterocycles. The number of ether oxygens (including phenoxy) is 1. The summed E-state index contributed by atoms with van der Waals surface area (Å²) in [6.45, 7) is 7.31. The third-order valence-electron chi connectivity index (χ3n) is 7.00. The average Bonchev–Trinajstić information content (AvgIpc) is 3.28. The Hall–Kier alpha value is -2.26. The lowest BCUT2D eigenvalue weighted by Crippen LogP contribution is -2.38. The Morgan fingerprint density at radius 2 is 1.85 bits per heavy atom. The fourth-order valence-electron chi connectivity index (χ4n) is 5.04. The maximum Gasteiger partial charge on any atom is 0.213 e. The molecule has 0 radical (unpaired) electrons. The van der Waals surface area contributed by atoms with Crippen molar-refractivity contribution in [3.63, 3.8) is 0 Å². The molecule has 7 nitrogen and oxygen atoms in total. The van der Waals surface area contributed by atoms with Crippen LogP contribution in [0.5, 0.6) is 0 Å². The number of nitrogens with zero attached hydrogens (tertiary/aromatic N) is 3. The molecular weight excluding hydrogens is 436 g/mol. The fourth-order valence-corrected chi connectivity index (χ4v) is 6.17. The van der Waals surface area contributed by atoms with E-state index in [1.165, 1.54) is 16.5 Å². The molecule has 2 aliphatic heterocycles. The Bertz CT molecular complexity index is 1210. The van der Waals surface area contributed by atoms with Crippen molar-refractivity contribution in [2.24, 2.45) is 0 Å². The summed E-state index contributed by atoms with van der Waals surface area (Å²) in [6.07, 6.45) is 7.71. The third-order valence-corrected chi connectivity index (χ3v) is 8.89. The van der Waals surface area contributed by atoms with Gasteiger partial charge in [0, 0.05) is 67.8 Å². The van der Waals surface area contributed by atoms with Crippen molar-refractivity contribution < 1.29 is 13.2 Å². The number of pyridine rings is 1. The van der Waals surface area contributed by atoms with Crippen LogP contribution in [0.25, 0.3) is 22.0 Å². The van der Waals surface area contributed by atoms with Crippen LogP contribution in [0.2, 0.25) is 0 Å². The molecule has 33 heavy (non-hydrogen) atoms. The van der Waals surface area contributed by atoms with Crippen LogP contribution in [-0.2, 0) is 21.3 Å². The average molecular weight is 469 g/mol. The number of benzene rings is 1. The molecule has 3 aromatic rings. The number of aromatic amines is 1. The second-order valence-electron chi connectivity index (χ2n) is 9.05. The summed E-state index contributed by atoms with van der Waals surface area (Å²) in [4.78, 5) is 10.3. The van der Waals surface area contributed by atoms with Gasteiger partial charge < -0.3 is 9.72 Å². The molecule has 2 saturated heterocycles. The Labute approximate surface area is 195 Å². The summed E-state index contributed by atoms with van der Waals surface area (Å²) in [5, 5.41) is 1.22. The molecule has 4 heterocycles. The Morgan fingerprint density at radius 1 is 1.06 bits per heavy atom. The van der Waals surface area contributed by atoms with Crippen LogP contribution < -0.4 is 0 Å². The van der Waals surface area contributed by atoms with Crippen molar-refractivity contribution in [2.75, 3.05) is 45.1 Å². The first kappa shape index (κ1) is 22.5. The number of hydrogen-bond acceptors (Lipinski definition) is 5. The van der Waals surface area contributed by atoms with Crippen molar-refractivity contribution >= 4 is 20.9 Å². The number of fused-ring (bicyclic) bond motifs is 1. The molecular formula is C25H32N4O3S. The maximum absolute atomic E-state index is 12.2.